The molecule has 0 aromatic heterocycles. The van der Waals surface area contributed by atoms with Crippen molar-refractivity contribution >= 4 is 49.7 Å². The number of hydrogen-bond donors (Lipinski definition) is 2. The van der Waals surface area contributed by atoms with Gasteiger partial charge in [0.25, 0.3) is 0 Å². The molecule has 0 radical (unpaired) electrons. The minimum Gasteiger partial charge on any atom is -0.507 e. The summed E-state index contributed by atoms with van der Waals surface area (Å²) in [5, 5.41) is 12.5. The summed E-state index contributed by atoms with van der Waals surface area (Å²) in [6, 6.07) is 13.5. The number of aromatic hydroxyl groups is 1. The summed E-state index contributed by atoms with van der Waals surface area (Å²) < 4.78 is 32.0. The molecule has 0 spiro atoms. The number of benzene rings is 2. The number of phenolic OH excluding ortho intramolecular Hbond substituents is 1. The van der Waals surface area contributed by atoms with E-state index in [2.05, 4.69) is 27.3 Å². The number of rotatable bonds is 7. The van der Waals surface area contributed by atoms with Crippen molar-refractivity contribution in [3.63, 3.8) is 0 Å². The van der Waals surface area contributed by atoms with Gasteiger partial charge >= 0.3 is 12.1 Å². The number of anilines is 1. The van der Waals surface area contributed by atoms with E-state index < -0.39 is 10.0 Å². The Labute approximate surface area is 322 Å². The summed E-state index contributed by atoms with van der Waals surface area (Å²) in [5.41, 5.74) is 3.11. The van der Waals surface area contributed by atoms with Gasteiger partial charge in [0.15, 0.2) is 0 Å². The first-order valence-electron chi connectivity index (χ1n) is 19.2. The maximum absolute atomic E-state index is 13.0. The van der Waals surface area contributed by atoms with E-state index >= 15 is 0 Å². The molecule has 7 rings (SSSR count). The highest BCUT2D eigenvalue weighted by Crippen LogP contribution is 2.37. The van der Waals surface area contributed by atoms with Crippen molar-refractivity contribution in [2.24, 2.45) is 17.8 Å². The number of piperidine rings is 3. The average Bonchev–Trinajstić information content (AvgIpc) is 4.05. The summed E-state index contributed by atoms with van der Waals surface area (Å²) in [6.07, 6.45) is 8.41. The SMILES string of the molecule is COC(=O)N1CCC(N2CCc3ccccc3NC2=O)CC1.C[C@H](Cc1ccc(O)c(Br)c1)C(=O)N1CCC(C2CCN(S(=O)(=O)C3CC3)CC2)CC1. The summed E-state index contributed by atoms with van der Waals surface area (Å²) in [5.74, 6) is 1.49. The molecule has 4 aliphatic heterocycles. The normalized spacial score (nSPS) is 21.5. The number of para-hydroxylation sites is 1. The molecule has 2 N–H and O–H groups in total. The number of urea groups is 1. The van der Waals surface area contributed by atoms with Gasteiger partial charge in [-0.15, -0.1) is 0 Å². The number of sulfonamides is 1. The van der Waals surface area contributed by atoms with E-state index in [9.17, 15) is 27.9 Å². The van der Waals surface area contributed by atoms with Crippen molar-refractivity contribution in [3.05, 3.63) is 58.1 Å². The number of carbonyl (C=O) groups excluding carboxylic acids is 3. The fraction of sp³-hybridized carbons (Fsp3) is 0.615. The van der Waals surface area contributed by atoms with Crippen molar-refractivity contribution in [2.45, 2.75) is 82.4 Å². The van der Waals surface area contributed by atoms with Gasteiger partial charge in [-0.1, -0.05) is 31.2 Å². The quantitative estimate of drug-likeness (QED) is 0.345. The van der Waals surface area contributed by atoms with Crippen LogP contribution in [-0.2, 0) is 32.4 Å². The van der Waals surface area contributed by atoms with E-state index in [0.29, 0.717) is 55.5 Å². The molecule has 4 fully saturated rings. The number of nitrogens with one attached hydrogen (secondary N) is 1. The molecule has 4 heterocycles. The first kappa shape index (κ1) is 39.3. The molecule has 14 heteroatoms. The summed E-state index contributed by atoms with van der Waals surface area (Å²) in [6.45, 7) is 6.89. The number of carbonyl (C=O) groups is 3. The van der Waals surface area contributed by atoms with E-state index in [1.54, 1.807) is 15.3 Å². The largest absolute Gasteiger partial charge is 0.507 e. The van der Waals surface area contributed by atoms with Crippen LogP contribution in [0.4, 0.5) is 15.3 Å². The Morgan fingerprint density at radius 1 is 0.887 bits per heavy atom. The maximum atomic E-state index is 13.0. The number of halogens is 1. The van der Waals surface area contributed by atoms with Crippen LogP contribution in [-0.4, -0.2) is 115 Å². The summed E-state index contributed by atoms with van der Waals surface area (Å²) >= 11 is 3.34. The maximum Gasteiger partial charge on any atom is 0.409 e. The summed E-state index contributed by atoms with van der Waals surface area (Å²) in [7, 11) is -1.64. The Hall–Kier alpha value is -3.36. The number of amides is 4. The molecule has 1 atom stereocenters. The lowest BCUT2D eigenvalue weighted by Crippen LogP contribution is -2.50. The van der Waals surface area contributed by atoms with E-state index in [0.717, 1.165) is 82.1 Å². The molecule has 0 bridgehead atoms. The smallest absolute Gasteiger partial charge is 0.409 e. The molecule has 0 unspecified atom stereocenters. The topological polar surface area (TPSA) is 140 Å². The van der Waals surface area contributed by atoms with Crippen LogP contribution in [0.3, 0.4) is 0 Å². The molecule has 1 aliphatic carbocycles. The van der Waals surface area contributed by atoms with Crippen LogP contribution in [0.5, 0.6) is 5.75 Å². The van der Waals surface area contributed by atoms with Crippen LogP contribution in [0.1, 0.15) is 69.4 Å². The fourth-order valence-electron chi connectivity index (χ4n) is 8.43. The molecule has 4 amide bonds. The summed E-state index contributed by atoms with van der Waals surface area (Å²) in [4.78, 5) is 42.5. The lowest BCUT2D eigenvalue weighted by atomic mass is 9.79. The van der Waals surface area contributed by atoms with Crippen LogP contribution in [0.25, 0.3) is 0 Å². The van der Waals surface area contributed by atoms with Gasteiger partial charge in [-0.25, -0.2) is 22.3 Å². The third-order valence-electron chi connectivity index (χ3n) is 11.8. The molecule has 2 aromatic rings. The number of ether oxygens (including phenoxy) is 1. The van der Waals surface area contributed by atoms with Gasteiger partial charge < -0.3 is 29.9 Å². The fourth-order valence-corrected chi connectivity index (χ4v) is 10.7. The monoisotopic (exact) mass is 815 g/mol. The number of fused-ring (bicyclic) bond motifs is 1. The van der Waals surface area contributed by atoms with E-state index in [-0.39, 0.29) is 41.0 Å². The molecule has 290 valence electrons. The van der Waals surface area contributed by atoms with Crippen LogP contribution in [0.15, 0.2) is 46.9 Å². The first-order valence-corrected chi connectivity index (χ1v) is 21.5. The van der Waals surface area contributed by atoms with Crippen molar-refractivity contribution in [1.82, 2.24) is 19.0 Å². The highest BCUT2D eigenvalue weighted by atomic mass is 79.9. The van der Waals surface area contributed by atoms with Crippen molar-refractivity contribution in [1.29, 1.82) is 0 Å². The van der Waals surface area contributed by atoms with Gasteiger partial charge in [0.1, 0.15) is 5.75 Å². The number of phenols is 1. The third-order valence-corrected chi connectivity index (χ3v) is 14.8. The van der Waals surface area contributed by atoms with Crippen LogP contribution >= 0.6 is 15.9 Å². The minimum absolute atomic E-state index is 0.0403. The van der Waals surface area contributed by atoms with Crippen LogP contribution in [0.2, 0.25) is 0 Å². The van der Waals surface area contributed by atoms with Gasteiger partial charge in [-0.3, -0.25) is 4.79 Å². The highest BCUT2D eigenvalue weighted by Gasteiger charge is 2.42. The second-order valence-corrected chi connectivity index (χ2v) is 18.3. The zero-order valence-electron chi connectivity index (χ0n) is 30.9. The number of nitrogens with zero attached hydrogens (tertiary/aromatic N) is 4. The van der Waals surface area contributed by atoms with Crippen LogP contribution in [0, 0.1) is 17.8 Å². The number of hydrogen-bond acceptors (Lipinski definition) is 7. The average molecular weight is 817 g/mol. The molecule has 12 nitrogen and oxygen atoms in total. The molecular weight excluding hydrogens is 762 g/mol. The van der Waals surface area contributed by atoms with E-state index in [1.165, 1.54) is 12.7 Å². The van der Waals surface area contributed by atoms with Crippen molar-refractivity contribution in [2.75, 3.05) is 58.2 Å². The highest BCUT2D eigenvalue weighted by molar-refractivity contribution is 9.10. The standard InChI is InChI=1S/C23H33BrN2O4S.C16H21N3O3/c1-16(14-17-2-5-22(27)21(24)15-17)23(28)25-10-6-18(7-11-25)19-8-12-26(13-9-19)31(29,30)20-3-4-20;1-22-16(21)18-9-7-13(8-10-18)19-11-6-12-4-2-3-5-14(12)17-15(19)20/h2,5,15-16,18-20,27H,3-4,6-14H2,1H3;2-5,13H,6-11H2,1H3,(H,17,20)/t16-;/m1./s1. The van der Waals surface area contributed by atoms with Gasteiger partial charge in [0.2, 0.25) is 15.9 Å². The Balaban J connectivity index is 0.000000192. The first-order chi connectivity index (χ1) is 25.4. The molecule has 3 saturated heterocycles. The van der Waals surface area contributed by atoms with E-state index in [4.69, 9.17) is 4.74 Å². The van der Waals surface area contributed by atoms with Gasteiger partial charge in [0.05, 0.1) is 16.8 Å². The molecule has 2 aromatic carbocycles. The number of likely N-dealkylation sites (tertiary alicyclic amines) is 2. The lowest BCUT2D eigenvalue weighted by Gasteiger charge is -2.40. The third kappa shape index (κ3) is 9.66. The predicted molar refractivity (Wildman–Crippen MR) is 207 cm³/mol. The van der Waals surface area contributed by atoms with Crippen molar-refractivity contribution in [3.8, 4) is 5.75 Å². The van der Waals surface area contributed by atoms with Crippen molar-refractivity contribution < 1.29 is 32.6 Å². The Kier molecular flexibility index (Phi) is 12.9. The zero-order chi connectivity index (χ0) is 37.7. The van der Waals surface area contributed by atoms with Gasteiger partial charge in [-0.2, -0.15) is 0 Å². The Morgan fingerprint density at radius 3 is 2.13 bits per heavy atom. The predicted octanol–water partition coefficient (Wildman–Crippen LogP) is 6.08. The minimum atomic E-state index is -3.04. The van der Waals surface area contributed by atoms with Gasteiger partial charge in [0, 0.05) is 63.5 Å². The molecule has 1 saturated carbocycles. The molecule has 5 aliphatic rings. The van der Waals surface area contributed by atoms with Gasteiger partial charge in [-0.05, 0) is 121 Å². The second-order valence-electron chi connectivity index (χ2n) is 15.3. The second kappa shape index (κ2) is 17.4. The van der Waals surface area contributed by atoms with E-state index in [1.807, 2.05) is 47.1 Å². The molecular formula is C39H54BrN5O7S. The molecule has 53 heavy (non-hydrogen) atoms. The van der Waals surface area contributed by atoms with Crippen LogP contribution < -0.4 is 5.32 Å². The zero-order valence-corrected chi connectivity index (χ0v) is 33.3. The Morgan fingerprint density at radius 2 is 1.51 bits per heavy atom. The lowest BCUT2D eigenvalue weighted by molar-refractivity contribution is -0.136. The Bertz CT molecular complexity index is 1720. The number of methoxy groups -OCH3 is 1.